The highest BCUT2D eigenvalue weighted by Gasteiger charge is 2.34. The van der Waals surface area contributed by atoms with E-state index in [-0.39, 0.29) is 17.5 Å². The van der Waals surface area contributed by atoms with Crippen molar-refractivity contribution in [3.63, 3.8) is 0 Å². The number of aromatic nitrogens is 2. The highest BCUT2D eigenvalue weighted by Crippen LogP contribution is 2.39. The largest absolute Gasteiger partial charge is 0.496 e. The van der Waals surface area contributed by atoms with E-state index in [1.807, 2.05) is 31.4 Å². The van der Waals surface area contributed by atoms with Crippen LogP contribution >= 0.6 is 0 Å². The van der Waals surface area contributed by atoms with Gasteiger partial charge in [-0.1, -0.05) is 0 Å². The lowest BCUT2D eigenvalue weighted by atomic mass is 9.97. The minimum atomic E-state index is -0.147. The Hall–Kier alpha value is -3.43. The molecule has 1 aliphatic rings. The van der Waals surface area contributed by atoms with Crippen LogP contribution in [-0.2, 0) is 17.9 Å². The Morgan fingerprint density at radius 1 is 1.18 bits per heavy atom. The number of rotatable bonds is 9. The maximum absolute atomic E-state index is 13.0. The fraction of sp³-hybridized carbons (Fsp3) is 0.400. The standard InChI is InChI=1S/C25H31N5O4/c1-26-8-10-30-14-19(17-5-7-28-13-18(17)25(30)32)16-11-22(33-3)20(23(12-16)34-4)15-29-9-6-21(29)24(31)27-2/h5,7,11-14,21,26H,6,8-10,15H2,1-4H3,(H,27,31)/t21-/m0/s1. The zero-order valence-corrected chi connectivity index (χ0v) is 20.1. The molecule has 1 fully saturated rings. The smallest absolute Gasteiger partial charge is 0.260 e. The summed E-state index contributed by atoms with van der Waals surface area (Å²) in [5, 5.41) is 7.20. The molecule has 0 spiro atoms. The Balaban J connectivity index is 1.81. The molecule has 0 radical (unpaired) electrons. The van der Waals surface area contributed by atoms with Gasteiger partial charge in [-0.2, -0.15) is 0 Å². The van der Waals surface area contributed by atoms with Crippen molar-refractivity contribution < 1.29 is 14.3 Å². The first-order chi connectivity index (χ1) is 16.5. The number of nitrogens with zero attached hydrogens (tertiary/aromatic N) is 3. The number of benzene rings is 1. The van der Waals surface area contributed by atoms with Gasteiger partial charge in [0.05, 0.1) is 31.2 Å². The van der Waals surface area contributed by atoms with Crippen LogP contribution < -0.4 is 25.7 Å². The minimum Gasteiger partial charge on any atom is -0.496 e. The molecule has 9 nitrogen and oxygen atoms in total. The van der Waals surface area contributed by atoms with Gasteiger partial charge in [-0.25, -0.2) is 0 Å². The molecule has 1 atom stereocenters. The van der Waals surface area contributed by atoms with E-state index in [1.165, 1.54) is 0 Å². The van der Waals surface area contributed by atoms with E-state index in [0.717, 1.165) is 35.0 Å². The number of ether oxygens (including phenoxy) is 2. The molecule has 9 heteroatoms. The summed E-state index contributed by atoms with van der Waals surface area (Å²) in [6.45, 7) is 2.58. The molecule has 1 saturated heterocycles. The van der Waals surface area contributed by atoms with Crippen LogP contribution in [0.15, 0.2) is 41.6 Å². The Kier molecular flexibility index (Phi) is 7.14. The second kappa shape index (κ2) is 10.2. The molecule has 1 aromatic carbocycles. The van der Waals surface area contributed by atoms with Crippen molar-refractivity contribution in [2.75, 3.05) is 41.4 Å². The lowest BCUT2D eigenvalue weighted by molar-refractivity contribution is -0.130. The fourth-order valence-electron chi connectivity index (χ4n) is 4.46. The van der Waals surface area contributed by atoms with Crippen LogP contribution in [0.1, 0.15) is 12.0 Å². The second-order valence-corrected chi connectivity index (χ2v) is 8.31. The van der Waals surface area contributed by atoms with Gasteiger partial charge in [0.15, 0.2) is 0 Å². The van der Waals surface area contributed by atoms with Gasteiger partial charge in [0.1, 0.15) is 11.5 Å². The number of pyridine rings is 2. The molecular weight excluding hydrogens is 434 g/mol. The Labute approximate surface area is 198 Å². The molecule has 0 unspecified atom stereocenters. The first-order valence-electron chi connectivity index (χ1n) is 11.3. The lowest BCUT2D eigenvalue weighted by Crippen LogP contribution is -2.54. The van der Waals surface area contributed by atoms with Crippen LogP contribution in [0.4, 0.5) is 0 Å². The first-order valence-corrected chi connectivity index (χ1v) is 11.3. The molecular formula is C25H31N5O4. The molecule has 3 aromatic rings. The highest BCUT2D eigenvalue weighted by atomic mass is 16.5. The van der Waals surface area contributed by atoms with Crippen LogP contribution in [0, 0.1) is 0 Å². The maximum atomic E-state index is 13.0. The third-order valence-corrected chi connectivity index (χ3v) is 6.45. The van der Waals surface area contributed by atoms with Crippen molar-refractivity contribution >= 4 is 16.7 Å². The molecule has 1 amide bonds. The number of methoxy groups -OCH3 is 2. The van der Waals surface area contributed by atoms with Crippen LogP contribution in [0.25, 0.3) is 21.9 Å². The molecule has 1 aliphatic heterocycles. The quantitative estimate of drug-likeness (QED) is 0.496. The summed E-state index contributed by atoms with van der Waals surface area (Å²) in [6.07, 6.45) is 6.01. The van der Waals surface area contributed by atoms with Gasteiger partial charge >= 0.3 is 0 Å². The molecule has 180 valence electrons. The van der Waals surface area contributed by atoms with E-state index < -0.39 is 0 Å². The van der Waals surface area contributed by atoms with Crippen molar-refractivity contribution in [1.82, 2.24) is 25.1 Å². The average Bonchev–Trinajstić information content (AvgIpc) is 2.85. The first kappa shape index (κ1) is 23.7. The third kappa shape index (κ3) is 4.36. The van der Waals surface area contributed by atoms with Gasteiger partial charge in [-0.05, 0) is 42.6 Å². The van der Waals surface area contributed by atoms with Gasteiger partial charge in [0, 0.05) is 57.4 Å². The van der Waals surface area contributed by atoms with Gasteiger partial charge in [0.25, 0.3) is 5.56 Å². The summed E-state index contributed by atoms with van der Waals surface area (Å²) < 4.78 is 13.3. The number of carbonyl (C=O) groups excluding carboxylic acids is 1. The predicted molar refractivity (Wildman–Crippen MR) is 131 cm³/mol. The third-order valence-electron chi connectivity index (χ3n) is 6.45. The molecule has 2 aromatic heterocycles. The second-order valence-electron chi connectivity index (χ2n) is 8.31. The SMILES string of the molecule is CNCCn1cc(-c2cc(OC)c(CN3CC[C@H]3C(=O)NC)c(OC)c2)c2ccncc2c1=O. The van der Waals surface area contributed by atoms with Crippen LogP contribution in [0.3, 0.4) is 0 Å². The summed E-state index contributed by atoms with van der Waals surface area (Å²) in [6, 6.07) is 5.64. The average molecular weight is 466 g/mol. The lowest BCUT2D eigenvalue weighted by Gasteiger charge is -2.39. The van der Waals surface area contributed by atoms with E-state index >= 15 is 0 Å². The van der Waals surface area contributed by atoms with Crippen molar-refractivity contribution in [2.24, 2.45) is 0 Å². The number of likely N-dealkylation sites (tertiary alicyclic amines) is 1. The zero-order chi connectivity index (χ0) is 24.2. The molecule has 4 rings (SSSR count). The Bertz CT molecular complexity index is 1230. The van der Waals surface area contributed by atoms with E-state index in [2.05, 4.69) is 20.5 Å². The van der Waals surface area contributed by atoms with Gasteiger partial charge in [-0.15, -0.1) is 0 Å². The van der Waals surface area contributed by atoms with Gasteiger partial charge < -0.3 is 24.7 Å². The summed E-state index contributed by atoms with van der Waals surface area (Å²) in [4.78, 5) is 31.4. The summed E-state index contributed by atoms with van der Waals surface area (Å²) >= 11 is 0. The monoisotopic (exact) mass is 465 g/mol. The minimum absolute atomic E-state index is 0.0182. The number of hydrogen-bond acceptors (Lipinski definition) is 7. The molecule has 2 N–H and O–H groups in total. The zero-order valence-electron chi connectivity index (χ0n) is 20.1. The predicted octanol–water partition coefficient (Wildman–Crippen LogP) is 1.62. The van der Waals surface area contributed by atoms with Crippen molar-refractivity contribution in [3.05, 3.63) is 52.7 Å². The van der Waals surface area contributed by atoms with E-state index in [1.54, 1.807) is 38.2 Å². The van der Waals surface area contributed by atoms with Crippen LogP contribution in [0.2, 0.25) is 0 Å². The number of nitrogens with one attached hydrogen (secondary N) is 2. The summed E-state index contributed by atoms with van der Waals surface area (Å²) in [5.41, 5.74) is 2.58. The van der Waals surface area contributed by atoms with E-state index in [0.29, 0.717) is 36.5 Å². The van der Waals surface area contributed by atoms with Gasteiger partial charge in [-0.3, -0.25) is 19.5 Å². The van der Waals surface area contributed by atoms with Crippen molar-refractivity contribution in [1.29, 1.82) is 0 Å². The van der Waals surface area contributed by atoms with Crippen molar-refractivity contribution in [2.45, 2.75) is 25.6 Å². The topological polar surface area (TPSA) is 97.7 Å². The number of likely N-dealkylation sites (N-methyl/N-ethyl adjacent to an activating group) is 2. The maximum Gasteiger partial charge on any atom is 0.260 e. The van der Waals surface area contributed by atoms with Crippen molar-refractivity contribution in [3.8, 4) is 22.6 Å². The Morgan fingerprint density at radius 3 is 2.50 bits per heavy atom. The number of fused-ring (bicyclic) bond motifs is 1. The molecule has 3 heterocycles. The number of amides is 1. The summed E-state index contributed by atoms with van der Waals surface area (Å²) in [5.74, 6) is 1.36. The normalized spacial score (nSPS) is 15.7. The molecule has 0 saturated carbocycles. The molecule has 0 bridgehead atoms. The summed E-state index contributed by atoms with van der Waals surface area (Å²) in [7, 11) is 6.77. The Morgan fingerprint density at radius 2 is 1.91 bits per heavy atom. The van der Waals surface area contributed by atoms with E-state index in [9.17, 15) is 9.59 Å². The van der Waals surface area contributed by atoms with E-state index in [4.69, 9.17) is 9.47 Å². The number of hydrogen-bond donors (Lipinski definition) is 2. The van der Waals surface area contributed by atoms with Crippen LogP contribution in [0.5, 0.6) is 11.5 Å². The fourth-order valence-corrected chi connectivity index (χ4v) is 4.46. The van der Waals surface area contributed by atoms with Crippen LogP contribution in [-0.4, -0.2) is 67.8 Å². The molecule has 0 aliphatic carbocycles. The van der Waals surface area contributed by atoms with Gasteiger partial charge in [0.2, 0.25) is 5.91 Å². The molecule has 34 heavy (non-hydrogen) atoms. The number of carbonyl (C=O) groups is 1. The highest BCUT2D eigenvalue weighted by molar-refractivity contribution is 5.95.